The number of methoxy groups -OCH3 is 1. The lowest BCUT2D eigenvalue weighted by atomic mass is 9.92. The van der Waals surface area contributed by atoms with Gasteiger partial charge in [0.2, 0.25) is 0 Å². The molecule has 3 aromatic rings. The summed E-state index contributed by atoms with van der Waals surface area (Å²) in [5.74, 6) is 4.10. The molecule has 0 bridgehead atoms. The first kappa shape index (κ1) is 31.8. The highest BCUT2D eigenvalue weighted by atomic mass is 28.1. The van der Waals surface area contributed by atoms with Crippen molar-refractivity contribution in [1.29, 1.82) is 0 Å². The molecule has 2 atom stereocenters. The van der Waals surface area contributed by atoms with Crippen LogP contribution in [-0.2, 0) is 6.54 Å². The molecule has 0 aliphatic carbocycles. The summed E-state index contributed by atoms with van der Waals surface area (Å²) in [7, 11) is 8.50. The zero-order chi connectivity index (χ0) is 31.5. The predicted octanol–water partition coefficient (Wildman–Crippen LogP) is 3.14. The van der Waals surface area contributed by atoms with Crippen molar-refractivity contribution < 1.29 is 31.9 Å². The molecule has 9 nitrogen and oxygen atoms in total. The molecule has 227 valence electrons. The van der Waals surface area contributed by atoms with Gasteiger partial charge in [-0.15, -0.1) is 0 Å². The first-order valence-electron chi connectivity index (χ1n) is 13.4. The molecule has 1 saturated heterocycles. The number of likely N-dealkylation sites (tertiary alicyclic amines) is 1. The number of aromatic nitrogens is 2. The fraction of sp³-hybridized carbons (Fsp3) is 0.414. The van der Waals surface area contributed by atoms with Gasteiger partial charge >= 0.3 is 6.18 Å². The molecule has 43 heavy (non-hydrogen) atoms. The number of carbonyl (C=O) groups excluding carboxylic acids is 2. The molecule has 3 radical (unpaired) electrons. The summed E-state index contributed by atoms with van der Waals surface area (Å²) >= 11 is 0. The van der Waals surface area contributed by atoms with Crippen LogP contribution in [-0.4, -0.2) is 88.7 Å². The van der Waals surface area contributed by atoms with Gasteiger partial charge in [0.25, 0.3) is 11.8 Å². The number of imidazole rings is 1. The van der Waals surface area contributed by atoms with Crippen molar-refractivity contribution in [3.05, 3.63) is 53.1 Å². The number of nitrogens with zero attached hydrogens (tertiary/aromatic N) is 3. The Morgan fingerprint density at radius 1 is 1.21 bits per heavy atom. The third kappa shape index (κ3) is 7.29. The molecule has 1 aliphatic heterocycles. The number of rotatable bonds is 7. The van der Waals surface area contributed by atoms with E-state index in [2.05, 4.69) is 47.9 Å². The highest BCUT2D eigenvalue weighted by Gasteiger charge is 2.37. The molecule has 0 saturated carbocycles. The largest absolute Gasteiger partial charge is 0.495 e. The molecule has 14 heteroatoms. The molecular formula is C29H31F4N6O3Si. The number of amides is 2. The lowest BCUT2D eigenvalue weighted by Crippen LogP contribution is -2.60. The van der Waals surface area contributed by atoms with Gasteiger partial charge in [0, 0.05) is 30.4 Å². The summed E-state index contributed by atoms with van der Waals surface area (Å²) < 4.78 is 60.6. The van der Waals surface area contributed by atoms with E-state index in [9.17, 15) is 27.2 Å². The minimum atomic E-state index is -4.51. The van der Waals surface area contributed by atoms with Gasteiger partial charge in [-0.1, -0.05) is 18.8 Å². The summed E-state index contributed by atoms with van der Waals surface area (Å²) in [4.78, 5) is 31.7. The molecule has 1 aliphatic rings. The van der Waals surface area contributed by atoms with Crippen LogP contribution in [0.25, 0.3) is 11.0 Å². The van der Waals surface area contributed by atoms with Crippen molar-refractivity contribution in [2.24, 2.45) is 5.92 Å². The van der Waals surface area contributed by atoms with Crippen LogP contribution in [0.2, 0.25) is 0 Å². The van der Waals surface area contributed by atoms with Crippen LogP contribution in [0.4, 0.5) is 23.2 Å². The Morgan fingerprint density at radius 3 is 2.60 bits per heavy atom. The Balaban J connectivity index is 1.64. The number of hydrogen-bond donors (Lipinski definition) is 3. The van der Waals surface area contributed by atoms with E-state index in [1.54, 1.807) is 0 Å². The maximum absolute atomic E-state index is 14.5. The van der Waals surface area contributed by atoms with Crippen LogP contribution in [0.15, 0.2) is 30.6 Å². The monoisotopic (exact) mass is 615 g/mol. The first-order chi connectivity index (χ1) is 20.2. The summed E-state index contributed by atoms with van der Waals surface area (Å²) in [6.07, 6.45) is -2.83. The van der Waals surface area contributed by atoms with Crippen molar-refractivity contribution >= 4 is 38.8 Å². The number of fused-ring (bicyclic) bond motifs is 1. The molecule has 0 spiro atoms. The number of carbonyl (C=O) groups is 2. The third-order valence-corrected chi connectivity index (χ3v) is 8.20. The third-order valence-electron chi connectivity index (χ3n) is 7.33. The van der Waals surface area contributed by atoms with E-state index < -0.39 is 35.5 Å². The lowest BCUT2D eigenvalue weighted by Gasteiger charge is -2.44. The number of ether oxygens (including phenoxy) is 1. The summed E-state index contributed by atoms with van der Waals surface area (Å²) in [6, 6.07) is 5.29. The maximum Gasteiger partial charge on any atom is 0.406 e. The maximum atomic E-state index is 14.5. The van der Waals surface area contributed by atoms with Crippen molar-refractivity contribution in [3.8, 4) is 17.6 Å². The van der Waals surface area contributed by atoms with E-state index in [1.165, 1.54) is 32.4 Å². The molecular weight excluding hydrogens is 584 g/mol. The number of anilines is 1. The lowest BCUT2D eigenvalue weighted by molar-refractivity contribution is -0.139. The number of hydrogen-bond acceptors (Lipinski definition) is 6. The topological polar surface area (TPSA) is 101 Å². The average molecular weight is 616 g/mol. The van der Waals surface area contributed by atoms with Crippen LogP contribution < -0.4 is 20.7 Å². The van der Waals surface area contributed by atoms with Crippen LogP contribution in [0.1, 0.15) is 39.6 Å². The first-order valence-corrected chi connectivity index (χ1v) is 13.9. The Labute approximate surface area is 249 Å². The second kappa shape index (κ2) is 12.6. The molecule has 2 heterocycles. The highest BCUT2D eigenvalue weighted by Crippen LogP contribution is 2.29. The molecule has 3 N–H and O–H groups in total. The molecule has 1 fully saturated rings. The fourth-order valence-electron chi connectivity index (χ4n) is 4.97. The van der Waals surface area contributed by atoms with Gasteiger partial charge in [0.15, 0.2) is 0 Å². The van der Waals surface area contributed by atoms with Gasteiger partial charge in [0.05, 0.1) is 52.6 Å². The molecule has 2 aromatic carbocycles. The quantitative estimate of drug-likeness (QED) is 0.215. The number of halogens is 4. The van der Waals surface area contributed by atoms with E-state index in [1.807, 2.05) is 14.0 Å². The van der Waals surface area contributed by atoms with Crippen molar-refractivity contribution in [2.75, 3.05) is 46.2 Å². The van der Waals surface area contributed by atoms with Crippen molar-refractivity contribution in [2.45, 2.75) is 31.2 Å². The van der Waals surface area contributed by atoms with Crippen LogP contribution in [0.3, 0.4) is 0 Å². The van der Waals surface area contributed by atoms with E-state index in [0.29, 0.717) is 6.42 Å². The fourth-order valence-corrected chi connectivity index (χ4v) is 5.28. The molecule has 2 amide bonds. The Kier molecular flexibility index (Phi) is 9.36. The zero-order valence-corrected chi connectivity index (χ0v) is 25.1. The van der Waals surface area contributed by atoms with Crippen LogP contribution in [0, 0.1) is 23.6 Å². The van der Waals surface area contributed by atoms with E-state index in [0.717, 1.165) is 30.1 Å². The Morgan fingerprint density at radius 2 is 1.95 bits per heavy atom. The highest BCUT2D eigenvalue weighted by molar-refractivity contribution is 6.18. The number of benzene rings is 2. The number of nitrogens with one attached hydrogen (secondary N) is 3. The summed E-state index contributed by atoms with van der Waals surface area (Å²) in [6.45, 7) is 2.18. The summed E-state index contributed by atoms with van der Waals surface area (Å²) in [5, 5.41) is 7.57. The van der Waals surface area contributed by atoms with Crippen LogP contribution >= 0.6 is 0 Å². The number of alkyl halides is 3. The minimum Gasteiger partial charge on any atom is -0.495 e. The van der Waals surface area contributed by atoms with Crippen LogP contribution in [0.5, 0.6) is 5.75 Å². The Bertz CT molecular complexity index is 1600. The van der Waals surface area contributed by atoms with Gasteiger partial charge in [0.1, 0.15) is 23.6 Å². The number of piperidine rings is 1. The van der Waals surface area contributed by atoms with Gasteiger partial charge in [-0.3, -0.25) is 9.59 Å². The van der Waals surface area contributed by atoms with E-state index >= 15 is 0 Å². The van der Waals surface area contributed by atoms with Crippen molar-refractivity contribution in [1.82, 2.24) is 25.1 Å². The SMILES string of the molecule is CNC(=O)c1cc(OC)c(NCC#Cc2cc(C(=O)N[C@]3([Si])CCN(C)C[C@@H]3C)c3ncn(CC(F)(F)F)c3c2)cc1F. The van der Waals surface area contributed by atoms with Crippen molar-refractivity contribution in [3.63, 3.8) is 0 Å². The van der Waals surface area contributed by atoms with Gasteiger partial charge in [-0.25, -0.2) is 9.37 Å². The van der Waals surface area contributed by atoms with E-state index in [-0.39, 0.29) is 51.6 Å². The Hall–Kier alpha value is -4.09. The smallest absolute Gasteiger partial charge is 0.406 e. The van der Waals surface area contributed by atoms with Gasteiger partial charge < -0.3 is 30.2 Å². The molecule has 1 aromatic heterocycles. The van der Waals surface area contributed by atoms with E-state index in [4.69, 9.17) is 4.74 Å². The summed E-state index contributed by atoms with van der Waals surface area (Å²) in [5.41, 5.74) is 0.664. The normalized spacial score (nSPS) is 19.0. The molecule has 0 unspecified atom stereocenters. The second-order valence-corrected chi connectivity index (χ2v) is 11.4. The molecule has 4 rings (SSSR count). The second-order valence-electron chi connectivity index (χ2n) is 10.5. The average Bonchev–Trinajstić information content (AvgIpc) is 3.33. The standard InChI is InChI=1S/C29H31F4N6O3Si/c1-17-14-38(3)9-7-28(17,43)37-27(41)20-10-18(11-23-25(20)36-16-39(23)15-29(31,32)33)6-5-8-35-22-13-21(30)19(26(40)34-2)12-24(22)42-4/h10-13,16-17,35H,7-9,14-15H2,1-4H3,(H,34,40)(H,37,41)/t17-,28-/m0/s1. The zero-order valence-electron chi connectivity index (χ0n) is 24.1. The minimum absolute atomic E-state index is 0.00817. The van der Waals surface area contributed by atoms with Gasteiger partial charge in [-0.2, -0.15) is 13.2 Å². The van der Waals surface area contributed by atoms with Gasteiger partial charge in [-0.05, 0) is 44.1 Å². The predicted molar refractivity (Wildman–Crippen MR) is 155 cm³/mol.